The molecule has 1 aromatic carbocycles. The fraction of sp³-hybridized carbons (Fsp3) is 0.211. The first kappa shape index (κ1) is 17.8. The fourth-order valence-corrected chi connectivity index (χ4v) is 3.05. The van der Waals surface area contributed by atoms with Crippen molar-refractivity contribution in [2.24, 2.45) is 0 Å². The third-order valence-corrected chi connectivity index (χ3v) is 4.35. The van der Waals surface area contributed by atoms with Gasteiger partial charge >= 0.3 is 12.1 Å². The number of hydrogen-bond donors (Lipinski definition) is 2. The third kappa shape index (κ3) is 3.74. The fourth-order valence-electron chi connectivity index (χ4n) is 3.05. The molecule has 144 valence electrons. The monoisotopic (exact) mass is 382 g/mol. The number of ether oxygens (including phenoxy) is 2. The lowest BCUT2D eigenvalue weighted by Gasteiger charge is -2.27. The van der Waals surface area contributed by atoms with Gasteiger partial charge in [-0.1, -0.05) is 0 Å². The van der Waals surface area contributed by atoms with Crippen LogP contribution in [-0.2, 0) is 4.74 Å². The number of nitrogens with one attached hydrogen (secondary N) is 1. The number of amides is 2. The van der Waals surface area contributed by atoms with Crippen molar-refractivity contribution in [3.05, 3.63) is 48.8 Å². The van der Waals surface area contributed by atoms with E-state index in [2.05, 4.69) is 10.3 Å². The summed E-state index contributed by atoms with van der Waals surface area (Å²) in [6, 6.07) is 10.3. The number of morpholine rings is 1. The number of fused-ring (bicyclic) bond motifs is 1. The number of hydrogen-bond acceptors (Lipinski definition) is 5. The van der Waals surface area contributed by atoms with Gasteiger partial charge in [-0.2, -0.15) is 0 Å². The number of carbonyl (C=O) groups is 2. The maximum atomic E-state index is 12.7. The highest BCUT2D eigenvalue weighted by Gasteiger charge is 2.19. The van der Waals surface area contributed by atoms with Gasteiger partial charge in [0.15, 0.2) is 0 Å². The SMILES string of the molecule is O=C(O)Nc1cc(Oc2ccc3c(ccn3C(=O)N3CCOCC3)c2)ccn1. The molecule has 0 saturated carbocycles. The van der Waals surface area contributed by atoms with Crippen LogP contribution in [0.25, 0.3) is 10.9 Å². The molecule has 9 heteroatoms. The molecular formula is C19H18N4O5. The molecule has 1 fully saturated rings. The molecule has 1 aliphatic heterocycles. The Hall–Kier alpha value is -3.59. The van der Waals surface area contributed by atoms with Gasteiger partial charge < -0.3 is 19.5 Å². The normalized spacial score (nSPS) is 14.1. The summed E-state index contributed by atoms with van der Waals surface area (Å²) in [5.41, 5.74) is 0.784. The van der Waals surface area contributed by atoms with Crippen LogP contribution in [0.4, 0.5) is 15.4 Å². The van der Waals surface area contributed by atoms with Crippen LogP contribution in [0.5, 0.6) is 11.5 Å². The van der Waals surface area contributed by atoms with Crippen molar-refractivity contribution in [1.82, 2.24) is 14.5 Å². The van der Waals surface area contributed by atoms with Crippen molar-refractivity contribution in [1.29, 1.82) is 0 Å². The average Bonchev–Trinajstić information content (AvgIpc) is 3.11. The average molecular weight is 382 g/mol. The van der Waals surface area contributed by atoms with Crippen molar-refractivity contribution in [3.8, 4) is 11.5 Å². The smallest absolute Gasteiger partial charge is 0.410 e. The Morgan fingerprint density at radius 2 is 1.89 bits per heavy atom. The van der Waals surface area contributed by atoms with E-state index in [1.807, 2.05) is 18.2 Å². The largest absolute Gasteiger partial charge is 0.465 e. The first-order valence-corrected chi connectivity index (χ1v) is 8.72. The first-order valence-electron chi connectivity index (χ1n) is 8.72. The predicted octanol–water partition coefficient (Wildman–Crippen LogP) is 3.22. The van der Waals surface area contributed by atoms with Crippen LogP contribution >= 0.6 is 0 Å². The van der Waals surface area contributed by atoms with Gasteiger partial charge in [0, 0.05) is 36.9 Å². The molecule has 0 radical (unpaired) electrons. The van der Waals surface area contributed by atoms with Crippen LogP contribution in [0.1, 0.15) is 0 Å². The second-order valence-corrected chi connectivity index (χ2v) is 6.20. The number of nitrogens with zero attached hydrogens (tertiary/aromatic N) is 3. The Morgan fingerprint density at radius 1 is 1.11 bits per heavy atom. The van der Waals surface area contributed by atoms with Crippen molar-refractivity contribution >= 4 is 28.8 Å². The van der Waals surface area contributed by atoms with E-state index >= 15 is 0 Å². The number of carboxylic acid groups (broad SMARTS) is 1. The number of pyridine rings is 1. The van der Waals surface area contributed by atoms with Gasteiger partial charge in [-0.05, 0) is 30.3 Å². The highest BCUT2D eigenvalue weighted by atomic mass is 16.5. The van der Waals surface area contributed by atoms with E-state index in [1.165, 1.54) is 12.3 Å². The lowest BCUT2D eigenvalue weighted by atomic mass is 10.2. The van der Waals surface area contributed by atoms with E-state index in [9.17, 15) is 9.59 Å². The number of benzene rings is 1. The van der Waals surface area contributed by atoms with Gasteiger partial charge in [-0.3, -0.25) is 9.88 Å². The van der Waals surface area contributed by atoms with Crippen LogP contribution in [-0.4, -0.2) is 58.0 Å². The predicted molar refractivity (Wildman–Crippen MR) is 101 cm³/mol. The molecule has 28 heavy (non-hydrogen) atoms. The Labute approximate surface area is 160 Å². The van der Waals surface area contributed by atoms with Crippen molar-refractivity contribution < 1.29 is 24.2 Å². The molecule has 2 amide bonds. The van der Waals surface area contributed by atoms with Crippen LogP contribution in [0, 0.1) is 0 Å². The summed E-state index contributed by atoms with van der Waals surface area (Å²) >= 11 is 0. The van der Waals surface area contributed by atoms with E-state index in [-0.39, 0.29) is 11.8 Å². The van der Waals surface area contributed by atoms with Crippen molar-refractivity contribution in [2.45, 2.75) is 0 Å². The maximum Gasteiger partial charge on any atom is 0.410 e. The van der Waals surface area contributed by atoms with Crippen LogP contribution in [0.2, 0.25) is 0 Å². The summed E-state index contributed by atoms with van der Waals surface area (Å²) in [5, 5.41) is 11.8. The molecule has 0 unspecified atom stereocenters. The Bertz CT molecular complexity index is 1030. The Kier molecular flexibility index (Phi) is 4.81. The highest BCUT2D eigenvalue weighted by molar-refractivity contribution is 5.92. The molecule has 0 atom stereocenters. The molecule has 2 aromatic heterocycles. The molecule has 1 saturated heterocycles. The van der Waals surface area contributed by atoms with E-state index in [1.54, 1.807) is 27.8 Å². The zero-order valence-corrected chi connectivity index (χ0v) is 14.9. The summed E-state index contributed by atoms with van der Waals surface area (Å²) in [5.74, 6) is 1.19. The second-order valence-electron chi connectivity index (χ2n) is 6.20. The minimum Gasteiger partial charge on any atom is -0.465 e. The van der Waals surface area contributed by atoms with E-state index in [0.717, 1.165) is 10.9 Å². The minimum absolute atomic E-state index is 0.0783. The van der Waals surface area contributed by atoms with Gasteiger partial charge in [0.2, 0.25) is 0 Å². The minimum atomic E-state index is -1.20. The lowest BCUT2D eigenvalue weighted by Crippen LogP contribution is -2.42. The number of carbonyl (C=O) groups excluding carboxylic acids is 1. The van der Waals surface area contributed by atoms with Crippen molar-refractivity contribution in [2.75, 3.05) is 31.6 Å². The zero-order chi connectivity index (χ0) is 19.5. The van der Waals surface area contributed by atoms with E-state index < -0.39 is 6.09 Å². The zero-order valence-electron chi connectivity index (χ0n) is 14.9. The molecule has 1 aliphatic rings. The standard InChI is InChI=1S/C19H18N4O5/c24-18(25)21-17-12-15(3-5-20-17)28-14-1-2-16-13(11-14)4-6-23(16)19(26)22-7-9-27-10-8-22/h1-6,11-12H,7-10H2,(H,20,21)(H,24,25). The summed E-state index contributed by atoms with van der Waals surface area (Å²) in [6.45, 7) is 2.25. The summed E-state index contributed by atoms with van der Waals surface area (Å²) < 4.78 is 12.7. The molecule has 0 aliphatic carbocycles. The lowest BCUT2D eigenvalue weighted by molar-refractivity contribution is 0.0538. The van der Waals surface area contributed by atoms with Crippen LogP contribution < -0.4 is 10.1 Å². The van der Waals surface area contributed by atoms with Crippen molar-refractivity contribution in [3.63, 3.8) is 0 Å². The summed E-state index contributed by atoms with van der Waals surface area (Å²) in [6.07, 6.45) is 2.00. The quantitative estimate of drug-likeness (QED) is 0.720. The first-order chi connectivity index (χ1) is 13.6. The van der Waals surface area contributed by atoms with Gasteiger partial charge in [0.05, 0.1) is 18.7 Å². The molecule has 0 spiro atoms. The van der Waals surface area contributed by atoms with Gasteiger partial charge in [-0.25, -0.2) is 14.6 Å². The van der Waals surface area contributed by atoms with E-state index in [4.69, 9.17) is 14.6 Å². The summed E-state index contributed by atoms with van der Waals surface area (Å²) in [7, 11) is 0. The number of aromatic nitrogens is 2. The van der Waals surface area contributed by atoms with Crippen LogP contribution in [0.15, 0.2) is 48.8 Å². The second kappa shape index (κ2) is 7.57. The molecule has 0 bridgehead atoms. The topological polar surface area (TPSA) is 106 Å². The Morgan fingerprint density at radius 3 is 2.68 bits per heavy atom. The molecule has 9 nitrogen and oxygen atoms in total. The van der Waals surface area contributed by atoms with Crippen LogP contribution in [0.3, 0.4) is 0 Å². The number of rotatable bonds is 3. The van der Waals surface area contributed by atoms with Gasteiger partial charge in [0.25, 0.3) is 0 Å². The molecule has 3 heterocycles. The van der Waals surface area contributed by atoms with Gasteiger partial charge in [0.1, 0.15) is 17.3 Å². The number of anilines is 1. The van der Waals surface area contributed by atoms with Gasteiger partial charge in [-0.15, -0.1) is 0 Å². The molecular weight excluding hydrogens is 364 g/mol. The Balaban J connectivity index is 1.54. The highest BCUT2D eigenvalue weighted by Crippen LogP contribution is 2.27. The van der Waals surface area contributed by atoms with E-state index in [0.29, 0.717) is 37.8 Å². The molecule has 2 N–H and O–H groups in total. The summed E-state index contributed by atoms with van der Waals surface area (Å²) in [4.78, 5) is 29.1. The molecule has 4 rings (SSSR count). The maximum absolute atomic E-state index is 12.7. The third-order valence-electron chi connectivity index (χ3n) is 4.35. The molecule has 3 aromatic rings.